The van der Waals surface area contributed by atoms with E-state index in [-0.39, 0.29) is 5.71 Å². The number of aliphatic imine (C=N–C) groups is 1. The average Bonchev–Trinajstić information content (AvgIpc) is 2.62. The SMILES string of the molecule is CC1(C)C2=CCCC=C2N=C1/C(C#N)=N/OS(C)(=O)=O. The lowest BCUT2D eigenvalue weighted by molar-refractivity contribution is 0.344. The number of oxime groups is 1. The Morgan fingerprint density at radius 3 is 2.65 bits per heavy atom. The first-order chi connectivity index (χ1) is 9.25. The Morgan fingerprint density at radius 1 is 1.45 bits per heavy atom. The molecule has 0 atom stereocenters. The first-order valence-electron chi connectivity index (χ1n) is 6.13. The Kier molecular flexibility index (Phi) is 3.52. The molecule has 0 aromatic rings. The minimum atomic E-state index is -3.74. The number of nitriles is 1. The molecular weight excluding hydrogens is 278 g/mol. The lowest BCUT2D eigenvalue weighted by Crippen LogP contribution is -2.29. The molecule has 2 aliphatic rings. The third-order valence-electron chi connectivity index (χ3n) is 3.22. The fraction of sp³-hybridized carbons (Fsp3) is 0.462. The van der Waals surface area contributed by atoms with Gasteiger partial charge in [-0.2, -0.15) is 13.7 Å². The minimum absolute atomic E-state index is 0.114. The fourth-order valence-electron chi connectivity index (χ4n) is 2.30. The summed E-state index contributed by atoms with van der Waals surface area (Å²) < 4.78 is 26.3. The molecule has 0 bridgehead atoms. The van der Waals surface area contributed by atoms with E-state index in [2.05, 4.69) is 20.5 Å². The van der Waals surface area contributed by atoms with E-state index in [0.29, 0.717) is 5.71 Å². The molecule has 6 nitrogen and oxygen atoms in total. The van der Waals surface area contributed by atoms with E-state index in [1.165, 1.54) is 0 Å². The van der Waals surface area contributed by atoms with E-state index in [4.69, 9.17) is 0 Å². The van der Waals surface area contributed by atoms with Gasteiger partial charge < -0.3 is 0 Å². The van der Waals surface area contributed by atoms with Crippen LogP contribution in [-0.2, 0) is 14.4 Å². The molecule has 1 aliphatic heterocycles. The topological polar surface area (TPSA) is 91.9 Å². The number of hydrogen-bond donors (Lipinski definition) is 0. The highest BCUT2D eigenvalue weighted by atomic mass is 32.2. The number of hydrogen-bond acceptors (Lipinski definition) is 6. The summed E-state index contributed by atoms with van der Waals surface area (Å²) in [5.41, 5.74) is 1.71. The van der Waals surface area contributed by atoms with Crippen molar-refractivity contribution in [3.63, 3.8) is 0 Å². The summed E-state index contributed by atoms with van der Waals surface area (Å²) in [6.45, 7) is 3.86. The van der Waals surface area contributed by atoms with Crippen LogP contribution in [-0.4, -0.2) is 26.1 Å². The zero-order valence-electron chi connectivity index (χ0n) is 11.5. The van der Waals surface area contributed by atoms with Crippen molar-refractivity contribution in [1.29, 1.82) is 5.26 Å². The smallest absolute Gasteiger partial charge is 0.267 e. The van der Waals surface area contributed by atoms with Crippen LogP contribution < -0.4 is 0 Å². The number of nitrogens with zero attached hydrogens (tertiary/aromatic N) is 3. The largest absolute Gasteiger partial charge is 0.325 e. The normalized spacial score (nSPS) is 21.3. The minimum Gasteiger partial charge on any atom is -0.267 e. The lowest BCUT2D eigenvalue weighted by Gasteiger charge is -2.23. The molecule has 0 unspecified atom stereocenters. The Morgan fingerprint density at radius 2 is 2.10 bits per heavy atom. The summed E-state index contributed by atoms with van der Waals surface area (Å²) in [6, 6.07) is 1.86. The molecule has 0 radical (unpaired) electrons. The van der Waals surface area contributed by atoms with Crippen molar-refractivity contribution in [3.05, 3.63) is 23.4 Å². The van der Waals surface area contributed by atoms with E-state index < -0.39 is 15.5 Å². The molecule has 1 aliphatic carbocycles. The molecular formula is C13H15N3O3S. The predicted octanol–water partition coefficient (Wildman–Crippen LogP) is 1.93. The van der Waals surface area contributed by atoms with Gasteiger partial charge in [0.25, 0.3) is 0 Å². The summed E-state index contributed by atoms with van der Waals surface area (Å²) in [7, 11) is -3.74. The van der Waals surface area contributed by atoms with Crippen LogP contribution in [0.1, 0.15) is 26.7 Å². The Balaban J connectivity index is 2.44. The highest BCUT2D eigenvalue weighted by Gasteiger charge is 2.40. The van der Waals surface area contributed by atoms with Gasteiger partial charge in [0.15, 0.2) is 0 Å². The third kappa shape index (κ3) is 2.65. The maximum absolute atomic E-state index is 11.0. The zero-order chi connectivity index (χ0) is 15.0. The van der Waals surface area contributed by atoms with Crippen molar-refractivity contribution in [1.82, 2.24) is 0 Å². The molecule has 1 heterocycles. The van der Waals surface area contributed by atoms with E-state index >= 15 is 0 Å². The highest BCUT2D eigenvalue weighted by Crippen LogP contribution is 2.43. The van der Waals surface area contributed by atoms with Gasteiger partial charge in [-0.3, -0.25) is 4.28 Å². The predicted molar refractivity (Wildman–Crippen MR) is 75.6 cm³/mol. The van der Waals surface area contributed by atoms with Gasteiger partial charge in [0, 0.05) is 5.41 Å². The number of fused-ring (bicyclic) bond motifs is 1. The third-order valence-corrected chi connectivity index (χ3v) is 3.57. The van der Waals surface area contributed by atoms with Gasteiger partial charge in [0.05, 0.1) is 17.7 Å². The second-order valence-electron chi connectivity index (χ2n) is 5.20. The molecule has 0 aromatic heterocycles. The Labute approximate surface area is 118 Å². The van der Waals surface area contributed by atoms with Crippen molar-refractivity contribution in [3.8, 4) is 6.07 Å². The molecule has 0 saturated heterocycles. The average molecular weight is 293 g/mol. The van der Waals surface area contributed by atoms with Gasteiger partial charge in [0.2, 0.25) is 5.71 Å². The standard InChI is InChI=1S/C13H15N3O3S/c1-13(2)9-6-4-5-7-10(9)15-12(13)11(8-14)16-19-20(3,17)18/h6-7H,4-5H2,1-3H3/b16-11+. The molecule has 7 heteroatoms. The summed E-state index contributed by atoms with van der Waals surface area (Å²) >= 11 is 0. The Bertz CT molecular complexity index is 704. The van der Waals surface area contributed by atoms with Crippen LogP contribution >= 0.6 is 0 Å². The van der Waals surface area contributed by atoms with Crippen LogP contribution in [0.5, 0.6) is 0 Å². The first-order valence-corrected chi connectivity index (χ1v) is 7.95. The summed E-state index contributed by atoms with van der Waals surface area (Å²) in [5, 5.41) is 12.6. The molecule has 0 N–H and O–H groups in total. The van der Waals surface area contributed by atoms with Crippen LogP contribution in [0.15, 0.2) is 33.6 Å². The van der Waals surface area contributed by atoms with Gasteiger partial charge in [-0.1, -0.05) is 17.3 Å². The summed E-state index contributed by atoms with van der Waals surface area (Å²) in [4.78, 5) is 4.42. The maximum Gasteiger partial charge on any atom is 0.325 e. The van der Waals surface area contributed by atoms with E-state index in [9.17, 15) is 13.7 Å². The van der Waals surface area contributed by atoms with Crippen LogP contribution in [0.25, 0.3) is 0 Å². The van der Waals surface area contributed by atoms with E-state index in [1.807, 2.05) is 26.0 Å². The van der Waals surface area contributed by atoms with Gasteiger partial charge >= 0.3 is 10.1 Å². The fourth-order valence-corrected chi connectivity index (χ4v) is 2.51. The van der Waals surface area contributed by atoms with Crippen LogP contribution in [0.2, 0.25) is 0 Å². The van der Waals surface area contributed by atoms with E-state index in [1.54, 1.807) is 0 Å². The van der Waals surface area contributed by atoms with Gasteiger partial charge in [0.1, 0.15) is 6.07 Å². The first kappa shape index (κ1) is 14.5. The monoisotopic (exact) mass is 293 g/mol. The zero-order valence-corrected chi connectivity index (χ0v) is 12.4. The highest BCUT2D eigenvalue weighted by molar-refractivity contribution is 7.85. The van der Waals surface area contributed by atoms with Gasteiger partial charge in [-0.05, 0) is 32.3 Å². The van der Waals surface area contributed by atoms with Crippen molar-refractivity contribution < 1.29 is 12.7 Å². The van der Waals surface area contributed by atoms with Crippen molar-refractivity contribution >= 4 is 21.5 Å². The second-order valence-corrected chi connectivity index (χ2v) is 6.76. The van der Waals surface area contributed by atoms with Crippen LogP contribution in [0, 0.1) is 16.7 Å². The molecule has 2 rings (SSSR count). The number of rotatable bonds is 3. The molecule has 0 fully saturated rings. The van der Waals surface area contributed by atoms with Gasteiger partial charge in [-0.15, -0.1) is 0 Å². The van der Waals surface area contributed by atoms with Crippen LogP contribution in [0.3, 0.4) is 0 Å². The van der Waals surface area contributed by atoms with Crippen LogP contribution in [0.4, 0.5) is 0 Å². The van der Waals surface area contributed by atoms with E-state index in [0.717, 1.165) is 30.4 Å². The second kappa shape index (κ2) is 4.87. The van der Waals surface area contributed by atoms with Crippen molar-refractivity contribution in [2.75, 3.05) is 6.26 Å². The molecule has 0 aromatic carbocycles. The lowest BCUT2D eigenvalue weighted by atomic mass is 9.77. The number of allylic oxidation sites excluding steroid dienone is 3. The van der Waals surface area contributed by atoms with Crippen molar-refractivity contribution in [2.24, 2.45) is 15.6 Å². The summed E-state index contributed by atoms with van der Waals surface area (Å²) in [6.07, 6.45) is 6.82. The molecule has 106 valence electrons. The summed E-state index contributed by atoms with van der Waals surface area (Å²) in [5.74, 6) is 0. The molecule has 0 amide bonds. The molecule has 0 saturated carbocycles. The quantitative estimate of drug-likeness (QED) is 0.587. The van der Waals surface area contributed by atoms with Crippen molar-refractivity contribution in [2.45, 2.75) is 26.7 Å². The Hall–Kier alpha value is -1.94. The molecule has 0 spiro atoms. The molecule has 20 heavy (non-hydrogen) atoms. The maximum atomic E-state index is 11.0. The van der Waals surface area contributed by atoms with Gasteiger partial charge in [-0.25, -0.2) is 4.99 Å².